The molecule has 0 aliphatic rings. The Morgan fingerprint density at radius 1 is 1.04 bits per heavy atom. The molecule has 0 bridgehead atoms. The lowest BCUT2D eigenvalue weighted by molar-refractivity contribution is -0.130. The van der Waals surface area contributed by atoms with Gasteiger partial charge < -0.3 is 16.4 Å². The number of amides is 3. The highest BCUT2D eigenvalue weighted by molar-refractivity contribution is 5.91. The molecule has 0 radical (unpaired) electrons. The van der Waals surface area contributed by atoms with Gasteiger partial charge >= 0.3 is 0 Å². The molecule has 0 saturated heterocycles. The molecule has 1 aromatic carbocycles. The molecule has 1 aromatic rings. The monoisotopic (exact) mass is 393 g/mol. The van der Waals surface area contributed by atoms with Crippen molar-refractivity contribution in [2.45, 2.75) is 77.3 Å². The summed E-state index contributed by atoms with van der Waals surface area (Å²) >= 11 is 0. The van der Waals surface area contributed by atoms with Crippen LogP contribution in [0.3, 0.4) is 0 Å². The highest BCUT2D eigenvalue weighted by atomic mass is 19.1. The average molecular weight is 394 g/mol. The predicted octanol–water partition coefficient (Wildman–Crippen LogP) is 2.59. The van der Waals surface area contributed by atoms with Gasteiger partial charge in [-0.1, -0.05) is 57.6 Å². The molecule has 0 aromatic heterocycles. The van der Waals surface area contributed by atoms with Crippen LogP contribution in [-0.4, -0.2) is 29.8 Å². The van der Waals surface area contributed by atoms with Crippen molar-refractivity contribution < 1.29 is 18.8 Å². The second kappa shape index (κ2) is 12.9. The lowest BCUT2D eigenvalue weighted by Crippen LogP contribution is -2.53. The Morgan fingerprint density at radius 3 is 2.32 bits per heavy atom. The summed E-state index contributed by atoms with van der Waals surface area (Å²) in [4.78, 5) is 35.8. The summed E-state index contributed by atoms with van der Waals surface area (Å²) in [5.74, 6) is -1.91. The molecule has 6 nitrogen and oxygen atoms in total. The van der Waals surface area contributed by atoms with Gasteiger partial charge in [0.1, 0.15) is 17.9 Å². The van der Waals surface area contributed by atoms with Crippen molar-refractivity contribution in [3.8, 4) is 0 Å². The number of nitrogens with one attached hydrogen (secondary N) is 2. The zero-order chi connectivity index (χ0) is 20.9. The Morgan fingerprint density at radius 2 is 1.71 bits per heavy atom. The van der Waals surface area contributed by atoms with E-state index in [4.69, 9.17) is 5.73 Å². The van der Waals surface area contributed by atoms with Crippen LogP contribution >= 0.6 is 0 Å². The average Bonchev–Trinajstić information content (AvgIpc) is 2.62. The molecule has 4 N–H and O–H groups in total. The number of halogens is 1. The van der Waals surface area contributed by atoms with Crippen LogP contribution < -0.4 is 16.4 Å². The molecule has 0 spiro atoms. The van der Waals surface area contributed by atoms with E-state index < -0.39 is 29.7 Å². The molecule has 3 amide bonds. The van der Waals surface area contributed by atoms with Crippen LogP contribution in [0.1, 0.15) is 64.4 Å². The summed E-state index contributed by atoms with van der Waals surface area (Å²) in [7, 11) is 0. The third-order valence-corrected chi connectivity index (χ3v) is 4.53. The number of nitrogens with two attached hydrogens (primary N) is 1. The largest absolute Gasteiger partial charge is 0.368 e. The third kappa shape index (κ3) is 9.48. The van der Waals surface area contributed by atoms with Crippen LogP contribution in [0.15, 0.2) is 24.3 Å². The van der Waals surface area contributed by atoms with Gasteiger partial charge in [0.25, 0.3) is 0 Å². The molecule has 156 valence electrons. The highest BCUT2D eigenvalue weighted by Gasteiger charge is 2.25. The predicted molar refractivity (Wildman–Crippen MR) is 107 cm³/mol. The fraction of sp³-hybridized carbons (Fsp3) is 0.571. The molecule has 7 heteroatoms. The molecule has 28 heavy (non-hydrogen) atoms. The van der Waals surface area contributed by atoms with Gasteiger partial charge in [-0.15, -0.1) is 0 Å². The molecule has 0 fully saturated rings. The minimum absolute atomic E-state index is 0.117. The van der Waals surface area contributed by atoms with Gasteiger partial charge in [0.2, 0.25) is 17.7 Å². The fourth-order valence-corrected chi connectivity index (χ4v) is 3.04. The number of carbonyl (C=O) groups is 3. The number of benzene rings is 1. The maximum Gasteiger partial charge on any atom is 0.243 e. The van der Waals surface area contributed by atoms with E-state index in [1.165, 1.54) is 31.5 Å². The summed E-state index contributed by atoms with van der Waals surface area (Å²) in [5, 5.41) is 5.19. The van der Waals surface area contributed by atoms with Crippen molar-refractivity contribution in [2.24, 2.45) is 5.73 Å². The minimum Gasteiger partial charge on any atom is -0.368 e. The molecule has 0 unspecified atom stereocenters. The Labute approximate surface area is 166 Å². The van der Waals surface area contributed by atoms with E-state index in [1.807, 2.05) is 0 Å². The first-order valence-corrected chi connectivity index (χ1v) is 9.94. The Balaban J connectivity index is 2.66. The van der Waals surface area contributed by atoms with Crippen molar-refractivity contribution in [2.75, 3.05) is 0 Å². The zero-order valence-electron chi connectivity index (χ0n) is 16.8. The van der Waals surface area contributed by atoms with Crippen LogP contribution in [-0.2, 0) is 20.8 Å². The normalized spacial score (nSPS) is 12.8. The molecule has 0 aliphatic heterocycles. The molecular weight excluding hydrogens is 361 g/mol. The number of carbonyl (C=O) groups excluding carboxylic acids is 3. The quantitative estimate of drug-likeness (QED) is 0.449. The maximum absolute atomic E-state index is 13.4. The van der Waals surface area contributed by atoms with E-state index in [2.05, 4.69) is 17.6 Å². The van der Waals surface area contributed by atoms with Crippen LogP contribution in [0.5, 0.6) is 0 Å². The molecule has 1 rings (SSSR count). The SMILES string of the molecule is CCCCCCCC[C@@H](NC(=O)[C@@H](Cc1cccc(F)c1)NC(C)=O)C(N)=O. The molecule has 0 saturated carbocycles. The Bertz CT molecular complexity index is 652. The van der Waals surface area contributed by atoms with Crippen molar-refractivity contribution >= 4 is 17.7 Å². The first kappa shape index (κ1) is 23.6. The van der Waals surface area contributed by atoms with E-state index in [-0.39, 0.29) is 12.3 Å². The van der Waals surface area contributed by atoms with E-state index in [1.54, 1.807) is 6.07 Å². The van der Waals surface area contributed by atoms with Crippen molar-refractivity contribution in [1.29, 1.82) is 0 Å². The van der Waals surface area contributed by atoms with Gasteiger partial charge in [-0.25, -0.2) is 4.39 Å². The van der Waals surface area contributed by atoms with E-state index in [0.717, 1.165) is 32.1 Å². The minimum atomic E-state index is -0.911. The van der Waals surface area contributed by atoms with Gasteiger partial charge in [0.05, 0.1) is 0 Å². The van der Waals surface area contributed by atoms with Gasteiger partial charge in [-0.05, 0) is 24.1 Å². The summed E-state index contributed by atoms with van der Waals surface area (Å²) < 4.78 is 13.4. The topological polar surface area (TPSA) is 101 Å². The Kier molecular flexibility index (Phi) is 10.8. The Hall–Kier alpha value is -2.44. The van der Waals surface area contributed by atoms with Crippen LogP contribution in [0, 0.1) is 5.82 Å². The third-order valence-electron chi connectivity index (χ3n) is 4.53. The smallest absolute Gasteiger partial charge is 0.243 e. The number of hydrogen-bond acceptors (Lipinski definition) is 3. The van der Waals surface area contributed by atoms with Crippen molar-refractivity contribution in [1.82, 2.24) is 10.6 Å². The number of unbranched alkanes of at least 4 members (excludes halogenated alkanes) is 5. The van der Waals surface area contributed by atoms with Crippen molar-refractivity contribution in [3.63, 3.8) is 0 Å². The molecule has 0 heterocycles. The maximum atomic E-state index is 13.4. The van der Waals surface area contributed by atoms with Gasteiger partial charge in [-0.3, -0.25) is 14.4 Å². The zero-order valence-corrected chi connectivity index (χ0v) is 16.8. The molecular formula is C21H32FN3O3. The summed E-state index contributed by atoms with van der Waals surface area (Å²) in [6, 6.07) is 4.13. The molecule has 0 aliphatic carbocycles. The lowest BCUT2D eigenvalue weighted by atomic mass is 10.0. The van der Waals surface area contributed by atoms with Crippen LogP contribution in [0.25, 0.3) is 0 Å². The van der Waals surface area contributed by atoms with Gasteiger partial charge in [0.15, 0.2) is 0 Å². The summed E-state index contributed by atoms with van der Waals surface area (Å²) in [5.41, 5.74) is 6.00. The first-order chi connectivity index (χ1) is 13.3. The summed E-state index contributed by atoms with van der Waals surface area (Å²) in [6.07, 6.45) is 6.92. The fourth-order valence-electron chi connectivity index (χ4n) is 3.04. The first-order valence-electron chi connectivity index (χ1n) is 9.94. The standard InChI is InChI=1S/C21H32FN3O3/c1-3-4-5-6-7-8-12-18(20(23)27)25-21(28)19(24-15(2)26)14-16-10-9-11-17(22)13-16/h9-11,13,18-19H,3-8,12,14H2,1-2H3,(H2,23,27)(H,24,26)(H,25,28)/t18-,19-/m1/s1. The van der Waals surface area contributed by atoms with Crippen LogP contribution in [0.2, 0.25) is 0 Å². The highest BCUT2D eigenvalue weighted by Crippen LogP contribution is 2.10. The number of hydrogen-bond donors (Lipinski definition) is 3. The number of rotatable bonds is 13. The lowest BCUT2D eigenvalue weighted by Gasteiger charge is -2.21. The van der Waals surface area contributed by atoms with Crippen LogP contribution in [0.4, 0.5) is 4.39 Å². The molecule has 2 atom stereocenters. The van der Waals surface area contributed by atoms with E-state index in [0.29, 0.717) is 12.0 Å². The van der Waals surface area contributed by atoms with E-state index >= 15 is 0 Å². The van der Waals surface area contributed by atoms with Gasteiger partial charge in [-0.2, -0.15) is 0 Å². The number of primary amides is 1. The second-order valence-corrected chi connectivity index (χ2v) is 7.11. The van der Waals surface area contributed by atoms with Crippen molar-refractivity contribution in [3.05, 3.63) is 35.6 Å². The van der Waals surface area contributed by atoms with E-state index in [9.17, 15) is 18.8 Å². The second-order valence-electron chi connectivity index (χ2n) is 7.11. The van der Waals surface area contributed by atoms with Gasteiger partial charge in [0, 0.05) is 13.3 Å². The summed E-state index contributed by atoms with van der Waals surface area (Å²) in [6.45, 7) is 3.45.